The van der Waals surface area contributed by atoms with Crippen molar-refractivity contribution < 1.29 is 33.3 Å². The molecule has 2 rings (SSSR count). The lowest BCUT2D eigenvalue weighted by molar-refractivity contribution is -0.150. The number of carbonyl (C=O) groups excluding carboxylic acids is 3. The van der Waals surface area contributed by atoms with Crippen LogP contribution in [0.3, 0.4) is 0 Å². The Morgan fingerprint density at radius 3 is 2.59 bits per heavy atom. The maximum Gasteiger partial charge on any atom is 0.325 e. The van der Waals surface area contributed by atoms with Gasteiger partial charge in [-0.05, 0) is 19.1 Å². The van der Waals surface area contributed by atoms with Crippen LogP contribution in [0, 0.1) is 5.92 Å². The molecule has 2 amide bonds. The number of ether oxygens (including phenoxy) is 4. The van der Waals surface area contributed by atoms with Gasteiger partial charge in [0.2, 0.25) is 11.8 Å². The second-order valence-electron chi connectivity index (χ2n) is 6.50. The summed E-state index contributed by atoms with van der Waals surface area (Å²) in [4.78, 5) is 40.4. The molecule has 1 aromatic carbocycles. The summed E-state index contributed by atoms with van der Waals surface area (Å²) in [5.41, 5.74) is 0.572. The van der Waals surface area contributed by atoms with Gasteiger partial charge in [0, 0.05) is 32.7 Å². The highest BCUT2D eigenvalue weighted by Crippen LogP contribution is 2.36. The standard InChI is InChI=1S/C20H28N2O7/c1-5-29-19(24)13-21(8-9-26-2)20(25)14-10-18(23)22(12-14)16-7-6-15(27-3)11-17(16)28-4/h6-7,11,14H,5,8-10,12-13H2,1-4H3. The Morgan fingerprint density at radius 1 is 1.21 bits per heavy atom. The lowest BCUT2D eigenvalue weighted by Crippen LogP contribution is -2.42. The minimum absolute atomic E-state index is 0.0559. The molecule has 0 bridgehead atoms. The molecule has 0 radical (unpaired) electrons. The summed E-state index contributed by atoms with van der Waals surface area (Å²) < 4.78 is 20.6. The zero-order valence-corrected chi connectivity index (χ0v) is 17.3. The maximum absolute atomic E-state index is 13.0. The van der Waals surface area contributed by atoms with Crippen molar-refractivity contribution in [2.24, 2.45) is 5.92 Å². The Bertz CT molecular complexity index is 738. The van der Waals surface area contributed by atoms with Crippen molar-refractivity contribution >= 4 is 23.5 Å². The minimum atomic E-state index is -0.569. The molecule has 29 heavy (non-hydrogen) atoms. The molecule has 1 unspecified atom stereocenters. The molecule has 160 valence electrons. The van der Waals surface area contributed by atoms with Crippen LogP contribution in [0.5, 0.6) is 11.5 Å². The van der Waals surface area contributed by atoms with E-state index in [-0.39, 0.29) is 51.1 Å². The number of anilines is 1. The molecular weight excluding hydrogens is 380 g/mol. The molecule has 0 spiro atoms. The van der Waals surface area contributed by atoms with Gasteiger partial charge < -0.3 is 28.7 Å². The molecule has 0 aromatic heterocycles. The van der Waals surface area contributed by atoms with Crippen molar-refractivity contribution in [3.8, 4) is 11.5 Å². The van der Waals surface area contributed by atoms with Crippen LogP contribution in [0.25, 0.3) is 0 Å². The number of amides is 2. The van der Waals surface area contributed by atoms with Gasteiger partial charge in [-0.15, -0.1) is 0 Å². The zero-order chi connectivity index (χ0) is 21.4. The zero-order valence-electron chi connectivity index (χ0n) is 17.3. The van der Waals surface area contributed by atoms with Gasteiger partial charge >= 0.3 is 5.97 Å². The molecule has 1 fully saturated rings. The average molecular weight is 408 g/mol. The molecule has 0 saturated carbocycles. The first-order valence-electron chi connectivity index (χ1n) is 9.40. The molecule has 9 heteroatoms. The molecule has 1 aromatic rings. The van der Waals surface area contributed by atoms with Crippen molar-refractivity contribution in [3.05, 3.63) is 18.2 Å². The molecule has 0 aliphatic carbocycles. The first-order chi connectivity index (χ1) is 13.9. The summed E-state index contributed by atoms with van der Waals surface area (Å²) >= 11 is 0. The van der Waals surface area contributed by atoms with E-state index in [1.54, 1.807) is 32.2 Å². The smallest absolute Gasteiger partial charge is 0.325 e. The van der Waals surface area contributed by atoms with E-state index in [1.807, 2.05) is 0 Å². The van der Waals surface area contributed by atoms with Crippen LogP contribution in [0.4, 0.5) is 5.69 Å². The molecule has 1 atom stereocenters. The highest BCUT2D eigenvalue weighted by Gasteiger charge is 2.38. The molecular formula is C20H28N2O7. The Labute approximate surface area is 170 Å². The second-order valence-corrected chi connectivity index (χ2v) is 6.50. The van der Waals surface area contributed by atoms with Gasteiger partial charge in [-0.2, -0.15) is 0 Å². The van der Waals surface area contributed by atoms with Gasteiger partial charge in [-0.3, -0.25) is 14.4 Å². The average Bonchev–Trinajstić information content (AvgIpc) is 3.11. The van der Waals surface area contributed by atoms with Gasteiger partial charge in [0.05, 0.1) is 39.0 Å². The van der Waals surface area contributed by atoms with Crippen molar-refractivity contribution in [2.45, 2.75) is 13.3 Å². The Balaban J connectivity index is 2.16. The first-order valence-corrected chi connectivity index (χ1v) is 9.40. The number of methoxy groups -OCH3 is 3. The van der Waals surface area contributed by atoms with Crippen molar-refractivity contribution in [3.63, 3.8) is 0 Å². The van der Waals surface area contributed by atoms with E-state index in [9.17, 15) is 14.4 Å². The number of benzene rings is 1. The fourth-order valence-electron chi connectivity index (χ4n) is 3.20. The van der Waals surface area contributed by atoms with E-state index >= 15 is 0 Å². The molecule has 0 N–H and O–H groups in total. The number of rotatable bonds is 10. The summed E-state index contributed by atoms with van der Waals surface area (Å²) in [6.07, 6.45) is 0.0559. The summed E-state index contributed by atoms with van der Waals surface area (Å²) in [5.74, 6) is -0.442. The van der Waals surface area contributed by atoms with Crippen molar-refractivity contribution in [2.75, 3.05) is 59.1 Å². The number of carbonyl (C=O) groups is 3. The highest BCUT2D eigenvalue weighted by molar-refractivity contribution is 6.01. The van der Waals surface area contributed by atoms with Crippen LogP contribution in [-0.4, -0.2) is 76.9 Å². The third-order valence-electron chi connectivity index (χ3n) is 4.65. The molecule has 1 saturated heterocycles. The Kier molecular flexibility index (Phi) is 8.26. The van der Waals surface area contributed by atoms with E-state index in [0.29, 0.717) is 17.2 Å². The Morgan fingerprint density at radius 2 is 1.97 bits per heavy atom. The monoisotopic (exact) mass is 408 g/mol. The van der Waals surface area contributed by atoms with E-state index in [1.165, 1.54) is 24.0 Å². The predicted molar refractivity (Wildman–Crippen MR) is 105 cm³/mol. The van der Waals surface area contributed by atoms with Gasteiger partial charge in [-0.25, -0.2) is 0 Å². The van der Waals surface area contributed by atoms with Gasteiger partial charge in [0.1, 0.15) is 18.0 Å². The van der Waals surface area contributed by atoms with E-state index < -0.39 is 11.9 Å². The number of hydrogen-bond acceptors (Lipinski definition) is 7. The molecule has 9 nitrogen and oxygen atoms in total. The van der Waals surface area contributed by atoms with Crippen LogP contribution in [0.15, 0.2) is 18.2 Å². The van der Waals surface area contributed by atoms with E-state index in [4.69, 9.17) is 18.9 Å². The molecule has 1 heterocycles. The van der Waals surface area contributed by atoms with Gasteiger partial charge in [-0.1, -0.05) is 0 Å². The van der Waals surface area contributed by atoms with Crippen LogP contribution >= 0.6 is 0 Å². The lowest BCUT2D eigenvalue weighted by Gasteiger charge is -2.25. The fraction of sp³-hybridized carbons (Fsp3) is 0.550. The summed E-state index contributed by atoms with van der Waals surface area (Å²) in [7, 11) is 4.57. The van der Waals surface area contributed by atoms with Crippen molar-refractivity contribution in [1.82, 2.24) is 4.90 Å². The number of esters is 1. The quantitative estimate of drug-likeness (QED) is 0.535. The van der Waals surface area contributed by atoms with Gasteiger partial charge in [0.15, 0.2) is 0 Å². The topological polar surface area (TPSA) is 94.6 Å². The number of nitrogens with zero attached hydrogens (tertiary/aromatic N) is 2. The Hall–Kier alpha value is -2.81. The van der Waals surface area contributed by atoms with E-state index in [0.717, 1.165) is 0 Å². The largest absolute Gasteiger partial charge is 0.497 e. The predicted octanol–water partition coefficient (Wildman–Crippen LogP) is 1.09. The van der Waals surface area contributed by atoms with Crippen LogP contribution in [0.2, 0.25) is 0 Å². The summed E-state index contributed by atoms with van der Waals surface area (Å²) in [5, 5.41) is 0. The first kappa shape index (κ1) is 22.5. The third-order valence-corrected chi connectivity index (χ3v) is 4.65. The molecule has 1 aliphatic rings. The van der Waals surface area contributed by atoms with Crippen molar-refractivity contribution in [1.29, 1.82) is 0 Å². The fourth-order valence-corrected chi connectivity index (χ4v) is 3.20. The highest BCUT2D eigenvalue weighted by atomic mass is 16.5. The summed E-state index contributed by atoms with van der Waals surface area (Å²) in [6.45, 7) is 2.48. The lowest BCUT2D eigenvalue weighted by atomic mass is 10.1. The normalized spacial score (nSPS) is 15.9. The molecule has 1 aliphatic heterocycles. The SMILES string of the molecule is CCOC(=O)CN(CCOC)C(=O)C1CC(=O)N(c2ccc(OC)cc2OC)C1. The third kappa shape index (κ3) is 5.60. The van der Waals surface area contributed by atoms with E-state index in [2.05, 4.69) is 0 Å². The van der Waals surface area contributed by atoms with Crippen LogP contribution in [-0.2, 0) is 23.9 Å². The maximum atomic E-state index is 13.0. The van der Waals surface area contributed by atoms with Gasteiger partial charge in [0.25, 0.3) is 0 Å². The number of hydrogen-bond donors (Lipinski definition) is 0. The van der Waals surface area contributed by atoms with Crippen LogP contribution in [0.1, 0.15) is 13.3 Å². The summed E-state index contributed by atoms with van der Waals surface area (Å²) in [6, 6.07) is 5.14. The minimum Gasteiger partial charge on any atom is -0.497 e. The van der Waals surface area contributed by atoms with Crippen LogP contribution < -0.4 is 14.4 Å². The second kappa shape index (κ2) is 10.7.